The van der Waals surface area contributed by atoms with Crippen LogP contribution in [0.5, 0.6) is 0 Å². The van der Waals surface area contributed by atoms with Crippen molar-refractivity contribution in [2.45, 2.75) is 12.8 Å². The fourth-order valence-electron chi connectivity index (χ4n) is 2.84. The van der Waals surface area contributed by atoms with Crippen LogP contribution >= 0.6 is 11.6 Å². The van der Waals surface area contributed by atoms with Gasteiger partial charge in [-0.3, -0.25) is 4.79 Å². The van der Waals surface area contributed by atoms with Gasteiger partial charge in [0.05, 0.1) is 5.02 Å². The largest absolute Gasteiger partial charge is 0.372 e. The summed E-state index contributed by atoms with van der Waals surface area (Å²) < 4.78 is 13.2. The van der Waals surface area contributed by atoms with E-state index in [0.29, 0.717) is 5.69 Å². The number of amides is 1. The summed E-state index contributed by atoms with van der Waals surface area (Å²) in [6.07, 6.45) is 3.93. The Bertz CT molecular complexity index is 881. The van der Waals surface area contributed by atoms with Crippen molar-refractivity contribution in [3.05, 3.63) is 64.4 Å². The second-order valence-corrected chi connectivity index (χ2v) is 6.45. The van der Waals surface area contributed by atoms with E-state index in [1.165, 1.54) is 31.1 Å². The Labute approximate surface area is 156 Å². The molecule has 1 N–H and O–H groups in total. The van der Waals surface area contributed by atoms with E-state index in [1.807, 2.05) is 30.3 Å². The van der Waals surface area contributed by atoms with Crippen molar-refractivity contribution >= 4 is 35.0 Å². The van der Waals surface area contributed by atoms with Gasteiger partial charge in [-0.15, -0.1) is 0 Å². The van der Waals surface area contributed by atoms with E-state index in [1.54, 1.807) is 0 Å². The number of halogens is 2. The predicted molar refractivity (Wildman–Crippen MR) is 102 cm³/mol. The van der Waals surface area contributed by atoms with Crippen molar-refractivity contribution in [2.75, 3.05) is 23.3 Å². The van der Waals surface area contributed by atoms with Crippen LogP contribution < -0.4 is 10.2 Å². The lowest BCUT2D eigenvalue weighted by atomic mass is 10.1. The van der Waals surface area contributed by atoms with Crippen LogP contribution in [0.4, 0.5) is 15.8 Å². The molecule has 0 atom stereocenters. The molecule has 0 bridgehead atoms. The van der Waals surface area contributed by atoms with Gasteiger partial charge in [0.1, 0.15) is 17.5 Å². The molecule has 1 heterocycles. The van der Waals surface area contributed by atoms with E-state index in [0.717, 1.165) is 30.4 Å². The number of rotatable bonds is 4. The van der Waals surface area contributed by atoms with E-state index in [2.05, 4.69) is 10.2 Å². The maximum atomic E-state index is 13.2. The summed E-state index contributed by atoms with van der Waals surface area (Å²) in [5.41, 5.74) is 2.19. The second kappa shape index (κ2) is 8.03. The summed E-state index contributed by atoms with van der Waals surface area (Å²) >= 11 is 5.70. The number of nitrogens with zero attached hydrogens (tertiary/aromatic N) is 2. The van der Waals surface area contributed by atoms with Crippen molar-refractivity contribution in [3.8, 4) is 6.07 Å². The number of anilines is 2. The van der Waals surface area contributed by atoms with Gasteiger partial charge < -0.3 is 10.2 Å². The van der Waals surface area contributed by atoms with Crippen molar-refractivity contribution in [2.24, 2.45) is 0 Å². The first-order valence-electron chi connectivity index (χ1n) is 8.30. The minimum atomic E-state index is -0.571. The highest BCUT2D eigenvalue weighted by molar-refractivity contribution is 6.31. The van der Waals surface area contributed by atoms with Crippen LogP contribution in [0.2, 0.25) is 5.02 Å². The van der Waals surface area contributed by atoms with Crippen LogP contribution in [-0.4, -0.2) is 19.0 Å². The van der Waals surface area contributed by atoms with Crippen LogP contribution in [0.25, 0.3) is 6.08 Å². The molecule has 1 saturated heterocycles. The molecule has 0 aromatic heterocycles. The molecule has 0 radical (unpaired) electrons. The summed E-state index contributed by atoms with van der Waals surface area (Å²) in [5.74, 6) is -1.14. The molecule has 0 spiro atoms. The van der Waals surface area contributed by atoms with Gasteiger partial charge in [-0.2, -0.15) is 5.26 Å². The molecule has 1 aliphatic rings. The minimum Gasteiger partial charge on any atom is -0.372 e. The quantitative estimate of drug-likeness (QED) is 0.631. The Hall–Kier alpha value is -2.84. The van der Waals surface area contributed by atoms with E-state index < -0.39 is 11.7 Å². The maximum absolute atomic E-state index is 13.2. The van der Waals surface area contributed by atoms with Crippen molar-refractivity contribution in [1.29, 1.82) is 5.26 Å². The fourth-order valence-corrected chi connectivity index (χ4v) is 3.02. The molecule has 6 heteroatoms. The van der Waals surface area contributed by atoms with E-state index in [-0.39, 0.29) is 10.6 Å². The first-order valence-corrected chi connectivity index (χ1v) is 8.68. The Morgan fingerprint density at radius 3 is 2.50 bits per heavy atom. The summed E-state index contributed by atoms with van der Waals surface area (Å²) in [5, 5.41) is 11.7. The standard InChI is InChI=1S/C20H17ClFN3O/c21-18-12-16(5-8-19(18)22)24-20(26)15(13-23)11-14-3-6-17(7-4-14)25-9-1-2-10-25/h3-8,11-12H,1-2,9-10H2,(H,24,26)/b15-11+. The van der Waals surface area contributed by atoms with Gasteiger partial charge in [-0.25, -0.2) is 4.39 Å². The molecule has 26 heavy (non-hydrogen) atoms. The van der Waals surface area contributed by atoms with Crippen LogP contribution in [-0.2, 0) is 4.79 Å². The molecule has 1 fully saturated rings. The first-order chi connectivity index (χ1) is 12.6. The van der Waals surface area contributed by atoms with Crippen LogP contribution in [0.15, 0.2) is 48.0 Å². The van der Waals surface area contributed by atoms with E-state index in [9.17, 15) is 14.4 Å². The van der Waals surface area contributed by atoms with Gasteiger partial charge in [-0.1, -0.05) is 23.7 Å². The van der Waals surface area contributed by atoms with Gasteiger partial charge in [0.25, 0.3) is 5.91 Å². The first kappa shape index (κ1) is 18.0. The molecule has 3 rings (SSSR count). The Morgan fingerprint density at radius 2 is 1.88 bits per heavy atom. The summed E-state index contributed by atoms with van der Waals surface area (Å²) in [6, 6.07) is 13.5. The zero-order chi connectivity index (χ0) is 18.5. The monoisotopic (exact) mass is 369 g/mol. The third-order valence-corrected chi connectivity index (χ3v) is 4.51. The average molecular weight is 370 g/mol. The SMILES string of the molecule is N#C/C(=C\c1ccc(N2CCCC2)cc1)C(=O)Nc1ccc(F)c(Cl)c1. The van der Waals surface area contributed by atoms with E-state index in [4.69, 9.17) is 11.6 Å². The lowest BCUT2D eigenvalue weighted by Crippen LogP contribution is -2.17. The molecule has 1 amide bonds. The highest BCUT2D eigenvalue weighted by atomic mass is 35.5. The molecule has 0 unspecified atom stereocenters. The lowest BCUT2D eigenvalue weighted by Gasteiger charge is -2.17. The van der Waals surface area contributed by atoms with Crippen molar-refractivity contribution in [1.82, 2.24) is 0 Å². The molecule has 2 aromatic carbocycles. The number of benzene rings is 2. The summed E-state index contributed by atoms with van der Waals surface area (Å²) in [4.78, 5) is 14.6. The summed E-state index contributed by atoms with van der Waals surface area (Å²) in [7, 11) is 0. The minimum absolute atomic E-state index is 0.0423. The van der Waals surface area contributed by atoms with Gasteiger partial charge in [-0.05, 0) is 54.8 Å². The van der Waals surface area contributed by atoms with E-state index >= 15 is 0 Å². The number of carbonyl (C=O) groups is 1. The van der Waals surface area contributed by atoms with Crippen LogP contribution in [0.3, 0.4) is 0 Å². The molecule has 132 valence electrons. The summed E-state index contributed by atoms with van der Waals surface area (Å²) in [6.45, 7) is 2.11. The Balaban J connectivity index is 1.73. The topological polar surface area (TPSA) is 56.1 Å². The zero-order valence-corrected chi connectivity index (χ0v) is 14.8. The molecular formula is C20H17ClFN3O. The molecule has 0 aliphatic carbocycles. The molecular weight excluding hydrogens is 353 g/mol. The van der Waals surface area contributed by atoms with Gasteiger partial charge >= 0.3 is 0 Å². The van der Waals surface area contributed by atoms with Crippen LogP contribution in [0.1, 0.15) is 18.4 Å². The maximum Gasteiger partial charge on any atom is 0.266 e. The van der Waals surface area contributed by atoms with Crippen molar-refractivity contribution < 1.29 is 9.18 Å². The number of nitrogens with one attached hydrogen (secondary N) is 1. The number of nitriles is 1. The zero-order valence-electron chi connectivity index (χ0n) is 14.0. The van der Waals surface area contributed by atoms with Crippen LogP contribution in [0, 0.1) is 17.1 Å². The Morgan fingerprint density at radius 1 is 1.19 bits per heavy atom. The Kier molecular flexibility index (Phi) is 5.55. The van der Waals surface area contributed by atoms with Crippen molar-refractivity contribution in [3.63, 3.8) is 0 Å². The molecule has 0 saturated carbocycles. The molecule has 1 aliphatic heterocycles. The third kappa shape index (κ3) is 4.22. The lowest BCUT2D eigenvalue weighted by molar-refractivity contribution is -0.112. The fraction of sp³-hybridized carbons (Fsp3) is 0.200. The number of hydrogen-bond donors (Lipinski definition) is 1. The average Bonchev–Trinajstić information content (AvgIpc) is 3.18. The normalized spacial score (nSPS) is 14.2. The highest BCUT2D eigenvalue weighted by Gasteiger charge is 2.13. The highest BCUT2D eigenvalue weighted by Crippen LogP contribution is 2.22. The van der Waals surface area contributed by atoms with Gasteiger partial charge in [0.15, 0.2) is 0 Å². The molecule has 4 nitrogen and oxygen atoms in total. The smallest absolute Gasteiger partial charge is 0.266 e. The third-order valence-electron chi connectivity index (χ3n) is 4.22. The second-order valence-electron chi connectivity index (χ2n) is 6.04. The number of hydrogen-bond acceptors (Lipinski definition) is 3. The molecule has 2 aromatic rings. The predicted octanol–water partition coefficient (Wildman–Crippen LogP) is 4.62. The number of carbonyl (C=O) groups excluding carboxylic acids is 1. The van der Waals surface area contributed by atoms with Gasteiger partial charge in [0.2, 0.25) is 0 Å². The van der Waals surface area contributed by atoms with Gasteiger partial charge in [0, 0.05) is 24.5 Å².